The summed E-state index contributed by atoms with van der Waals surface area (Å²) in [7, 11) is 0. The second kappa shape index (κ2) is 6.15. The molecule has 0 aromatic carbocycles. The summed E-state index contributed by atoms with van der Waals surface area (Å²) < 4.78 is 5.31. The SMILES string of the molecule is CC(CN1CCOCC1)NC(=O)C1(C(N)=S)CCC1. The van der Waals surface area contributed by atoms with E-state index in [1.54, 1.807) is 0 Å². The molecule has 1 amide bonds. The Kier molecular flexibility index (Phi) is 4.76. The number of thiocarbonyl (C=S) groups is 1. The average Bonchev–Trinajstić information content (AvgIpc) is 2.27. The molecule has 0 radical (unpaired) electrons. The maximum absolute atomic E-state index is 12.3. The molecule has 0 spiro atoms. The number of nitrogens with two attached hydrogens (primary N) is 1. The number of morpholine rings is 1. The number of carbonyl (C=O) groups is 1. The van der Waals surface area contributed by atoms with Gasteiger partial charge in [0.2, 0.25) is 5.91 Å². The largest absolute Gasteiger partial charge is 0.392 e. The number of ether oxygens (including phenoxy) is 1. The smallest absolute Gasteiger partial charge is 0.233 e. The van der Waals surface area contributed by atoms with Gasteiger partial charge in [-0.1, -0.05) is 18.6 Å². The third kappa shape index (κ3) is 3.24. The van der Waals surface area contributed by atoms with Crippen molar-refractivity contribution in [2.24, 2.45) is 11.1 Å². The van der Waals surface area contributed by atoms with Gasteiger partial charge in [-0.25, -0.2) is 0 Å². The van der Waals surface area contributed by atoms with Gasteiger partial charge in [-0.05, 0) is 19.8 Å². The van der Waals surface area contributed by atoms with Crippen LogP contribution in [0.2, 0.25) is 0 Å². The highest BCUT2D eigenvalue weighted by atomic mass is 32.1. The van der Waals surface area contributed by atoms with E-state index < -0.39 is 5.41 Å². The minimum absolute atomic E-state index is 0.00649. The van der Waals surface area contributed by atoms with Crippen molar-refractivity contribution in [2.45, 2.75) is 32.2 Å². The van der Waals surface area contributed by atoms with Crippen LogP contribution in [0.3, 0.4) is 0 Å². The third-order valence-corrected chi connectivity index (χ3v) is 4.52. The Labute approximate surface area is 119 Å². The lowest BCUT2D eigenvalue weighted by Gasteiger charge is -2.40. The fourth-order valence-corrected chi connectivity index (χ4v) is 2.99. The molecule has 1 heterocycles. The zero-order valence-electron chi connectivity index (χ0n) is 11.5. The molecule has 5 nitrogen and oxygen atoms in total. The van der Waals surface area contributed by atoms with Gasteiger partial charge < -0.3 is 15.8 Å². The van der Waals surface area contributed by atoms with E-state index in [1.807, 2.05) is 6.92 Å². The van der Waals surface area contributed by atoms with E-state index >= 15 is 0 Å². The Hall–Kier alpha value is -0.720. The summed E-state index contributed by atoms with van der Waals surface area (Å²) in [5, 5.41) is 3.06. The van der Waals surface area contributed by atoms with E-state index in [0.29, 0.717) is 4.99 Å². The van der Waals surface area contributed by atoms with Crippen LogP contribution in [0.25, 0.3) is 0 Å². The summed E-state index contributed by atoms with van der Waals surface area (Å²) in [5.41, 5.74) is 5.16. The average molecular weight is 285 g/mol. The van der Waals surface area contributed by atoms with Crippen molar-refractivity contribution in [1.82, 2.24) is 10.2 Å². The topological polar surface area (TPSA) is 67.6 Å². The number of hydrogen-bond acceptors (Lipinski definition) is 4. The van der Waals surface area contributed by atoms with E-state index in [2.05, 4.69) is 10.2 Å². The van der Waals surface area contributed by atoms with Crippen LogP contribution in [0.4, 0.5) is 0 Å². The predicted molar refractivity (Wildman–Crippen MR) is 77.9 cm³/mol. The summed E-state index contributed by atoms with van der Waals surface area (Å²) in [4.78, 5) is 15.0. The first-order valence-corrected chi connectivity index (χ1v) is 7.36. The van der Waals surface area contributed by atoms with Crippen LogP contribution in [0.15, 0.2) is 0 Å². The van der Waals surface area contributed by atoms with E-state index in [0.717, 1.165) is 52.1 Å². The Morgan fingerprint density at radius 3 is 2.58 bits per heavy atom. The van der Waals surface area contributed by atoms with Crippen LogP contribution < -0.4 is 11.1 Å². The van der Waals surface area contributed by atoms with Crippen molar-refractivity contribution in [3.8, 4) is 0 Å². The van der Waals surface area contributed by atoms with Crippen molar-refractivity contribution in [1.29, 1.82) is 0 Å². The van der Waals surface area contributed by atoms with Crippen LogP contribution in [0.1, 0.15) is 26.2 Å². The molecule has 1 aliphatic carbocycles. The van der Waals surface area contributed by atoms with Gasteiger partial charge in [0.15, 0.2) is 0 Å². The van der Waals surface area contributed by atoms with Gasteiger partial charge in [0, 0.05) is 25.7 Å². The van der Waals surface area contributed by atoms with E-state index in [4.69, 9.17) is 22.7 Å². The monoisotopic (exact) mass is 285 g/mol. The Morgan fingerprint density at radius 1 is 1.47 bits per heavy atom. The van der Waals surface area contributed by atoms with Crippen molar-refractivity contribution in [2.75, 3.05) is 32.8 Å². The first-order chi connectivity index (χ1) is 9.04. The highest BCUT2D eigenvalue weighted by Crippen LogP contribution is 2.41. The molecule has 108 valence electrons. The van der Waals surface area contributed by atoms with Gasteiger partial charge in [-0.15, -0.1) is 0 Å². The van der Waals surface area contributed by atoms with Gasteiger partial charge in [0.25, 0.3) is 0 Å². The number of rotatable bonds is 5. The summed E-state index contributed by atoms with van der Waals surface area (Å²) in [5.74, 6) is 0.00649. The molecule has 1 unspecified atom stereocenters. The van der Waals surface area contributed by atoms with E-state index in [9.17, 15) is 4.79 Å². The first kappa shape index (κ1) is 14.7. The zero-order valence-corrected chi connectivity index (χ0v) is 12.3. The molecule has 3 N–H and O–H groups in total. The maximum atomic E-state index is 12.3. The standard InChI is InChI=1S/C13H23N3O2S/c1-10(9-16-5-7-18-8-6-16)15-12(17)13(11(14)19)3-2-4-13/h10H,2-9H2,1H3,(H2,14,19)(H,15,17). The van der Waals surface area contributed by atoms with Crippen LogP contribution in [0, 0.1) is 5.41 Å². The molecule has 19 heavy (non-hydrogen) atoms. The summed E-state index contributed by atoms with van der Waals surface area (Å²) in [6.45, 7) is 6.29. The minimum Gasteiger partial charge on any atom is -0.392 e. The number of amides is 1. The lowest BCUT2D eigenvalue weighted by Crippen LogP contribution is -2.56. The lowest BCUT2D eigenvalue weighted by molar-refractivity contribution is -0.131. The number of nitrogens with zero attached hydrogens (tertiary/aromatic N) is 1. The zero-order chi connectivity index (χ0) is 13.9. The van der Waals surface area contributed by atoms with Crippen LogP contribution in [-0.2, 0) is 9.53 Å². The summed E-state index contributed by atoms with van der Waals surface area (Å²) in [6.07, 6.45) is 2.61. The summed E-state index contributed by atoms with van der Waals surface area (Å²) in [6, 6.07) is 0.109. The van der Waals surface area contributed by atoms with Crippen LogP contribution in [0.5, 0.6) is 0 Å². The first-order valence-electron chi connectivity index (χ1n) is 6.95. The highest BCUT2D eigenvalue weighted by Gasteiger charge is 2.47. The predicted octanol–water partition coefficient (Wildman–Crippen LogP) is 0.280. The molecular weight excluding hydrogens is 262 g/mol. The number of nitrogens with one attached hydrogen (secondary N) is 1. The second-order valence-corrected chi connectivity index (χ2v) is 6.03. The van der Waals surface area contributed by atoms with E-state index in [1.165, 1.54) is 0 Å². The van der Waals surface area contributed by atoms with Crippen molar-refractivity contribution < 1.29 is 9.53 Å². The molecular formula is C13H23N3O2S. The second-order valence-electron chi connectivity index (χ2n) is 5.59. The fraction of sp³-hybridized carbons (Fsp3) is 0.846. The molecule has 1 atom stereocenters. The molecule has 2 rings (SSSR count). The molecule has 0 aromatic heterocycles. The van der Waals surface area contributed by atoms with Crippen molar-refractivity contribution in [3.05, 3.63) is 0 Å². The fourth-order valence-electron chi connectivity index (χ4n) is 2.69. The van der Waals surface area contributed by atoms with Gasteiger partial charge >= 0.3 is 0 Å². The number of carbonyl (C=O) groups excluding carboxylic acids is 1. The molecule has 0 bridgehead atoms. The lowest BCUT2D eigenvalue weighted by atomic mass is 9.68. The van der Waals surface area contributed by atoms with Crippen LogP contribution >= 0.6 is 12.2 Å². The third-order valence-electron chi connectivity index (χ3n) is 4.13. The Morgan fingerprint density at radius 2 is 2.11 bits per heavy atom. The van der Waals surface area contributed by atoms with Gasteiger partial charge in [-0.3, -0.25) is 9.69 Å². The molecule has 6 heteroatoms. The minimum atomic E-state index is -0.575. The molecule has 1 saturated carbocycles. The Bertz CT molecular complexity index is 352. The molecule has 0 aromatic rings. The van der Waals surface area contributed by atoms with Crippen LogP contribution in [-0.4, -0.2) is 54.7 Å². The van der Waals surface area contributed by atoms with Crippen molar-refractivity contribution >= 4 is 23.1 Å². The normalized spacial score (nSPS) is 24.3. The van der Waals surface area contributed by atoms with Gasteiger partial charge in [0.1, 0.15) is 0 Å². The maximum Gasteiger partial charge on any atom is 0.233 e. The molecule has 1 aliphatic heterocycles. The molecule has 2 aliphatic rings. The number of hydrogen-bond donors (Lipinski definition) is 2. The van der Waals surface area contributed by atoms with Gasteiger partial charge in [0.05, 0.1) is 23.6 Å². The van der Waals surface area contributed by atoms with E-state index in [-0.39, 0.29) is 11.9 Å². The van der Waals surface area contributed by atoms with Gasteiger partial charge in [-0.2, -0.15) is 0 Å². The quantitative estimate of drug-likeness (QED) is 0.710. The molecule has 2 fully saturated rings. The highest BCUT2D eigenvalue weighted by molar-refractivity contribution is 7.80. The van der Waals surface area contributed by atoms with Crippen molar-refractivity contribution in [3.63, 3.8) is 0 Å². The Balaban J connectivity index is 1.82. The summed E-state index contributed by atoms with van der Waals surface area (Å²) >= 11 is 5.06. The molecule has 1 saturated heterocycles.